The van der Waals surface area contributed by atoms with Gasteiger partial charge in [-0.3, -0.25) is 0 Å². The fraction of sp³-hybridized carbons (Fsp3) is 0.769. The molecular weight excluding hydrogens is 232 g/mol. The molecule has 1 saturated heterocycles. The van der Waals surface area contributed by atoms with Gasteiger partial charge in [0.15, 0.2) is 0 Å². The molecule has 2 rings (SSSR count). The molecule has 1 aliphatic rings. The van der Waals surface area contributed by atoms with Crippen molar-refractivity contribution in [1.82, 2.24) is 10.3 Å². The number of hydrogen-bond acceptors (Lipinski definition) is 4. The molecular formula is C13H22N2OS. The van der Waals surface area contributed by atoms with E-state index in [9.17, 15) is 0 Å². The van der Waals surface area contributed by atoms with Crippen molar-refractivity contribution in [2.45, 2.75) is 51.2 Å². The van der Waals surface area contributed by atoms with Gasteiger partial charge >= 0.3 is 0 Å². The van der Waals surface area contributed by atoms with Crippen LogP contribution in [0.4, 0.5) is 0 Å². The maximum absolute atomic E-state index is 5.59. The number of ether oxygens (including phenoxy) is 1. The van der Waals surface area contributed by atoms with E-state index in [4.69, 9.17) is 9.72 Å². The molecule has 2 heterocycles. The second kappa shape index (κ2) is 5.46. The SMILES string of the molecule is CCC(C)(OC)c1nc(CC2CCCN2)cs1. The lowest BCUT2D eigenvalue weighted by atomic mass is 10.0. The van der Waals surface area contributed by atoms with E-state index >= 15 is 0 Å². The van der Waals surface area contributed by atoms with Crippen molar-refractivity contribution >= 4 is 11.3 Å². The van der Waals surface area contributed by atoms with Crippen LogP contribution in [0.15, 0.2) is 5.38 Å². The molecule has 0 amide bonds. The minimum absolute atomic E-state index is 0.216. The van der Waals surface area contributed by atoms with Gasteiger partial charge in [-0.2, -0.15) is 0 Å². The molecule has 2 unspecified atom stereocenters. The molecule has 17 heavy (non-hydrogen) atoms. The Morgan fingerprint density at radius 3 is 3.06 bits per heavy atom. The first-order valence-electron chi connectivity index (χ1n) is 6.41. The quantitative estimate of drug-likeness (QED) is 0.877. The predicted molar refractivity (Wildman–Crippen MR) is 71.5 cm³/mol. The molecule has 0 aromatic carbocycles. The standard InChI is InChI=1S/C13H22N2OS/c1-4-13(2,16-3)12-15-11(9-17-12)8-10-6-5-7-14-10/h9-10,14H,4-8H2,1-3H3. The molecule has 3 nitrogen and oxygen atoms in total. The van der Waals surface area contributed by atoms with Gasteiger partial charge < -0.3 is 10.1 Å². The molecule has 96 valence electrons. The van der Waals surface area contributed by atoms with Gasteiger partial charge in [0.2, 0.25) is 0 Å². The first kappa shape index (κ1) is 13.0. The first-order valence-corrected chi connectivity index (χ1v) is 7.29. The van der Waals surface area contributed by atoms with Gasteiger partial charge in [0.25, 0.3) is 0 Å². The number of methoxy groups -OCH3 is 1. The van der Waals surface area contributed by atoms with Crippen LogP contribution in [0.25, 0.3) is 0 Å². The van der Waals surface area contributed by atoms with Crippen LogP contribution in [0.1, 0.15) is 43.8 Å². The highest BCUT2D eigenvalue weighted by atomic mass is 32.1. The second-order valence-corrected chi connectivity index (χ2v) is 5.79. The van der Waals surface area contributed by atoms with Gasteiger partial charge in [-0.1, -0.05) is 6.92 Å². The molecule has 2 atom stereocenters. The van der Waals surface area contributed by atoms with Crippen LogP contribution in [0.2, 0.25) is 0 Å². The molecule has 0 radical (unpaired) electrons. The maximum atomic E-state index is 5.59. The van der Waals surface area contributed by atoms with E-state index in [1.807, 2.05) is 0 Å². The minimum Gasteiger partial charge on any atom is -0.371 e. The van der Waals surface area contributed by atoms with Crippen molar-refractivity contribution in [3.05, 3.63) is 16.1 Å². The van der Waals surface area contributed by atoms with Crippen molar-refractivity contribution in [2.24, 2.45) is 0 Å². The average molecular weight is 254 g/mol. The number of nitrogens with zero attached hydrogens (tertiary/aromatic N) is 1. The molecule has 1 aliphatic heterocycles. The monoisotopic (exact) mass is 254 g/mol. The summed E-state index contributed by atoms with van der Waals surface area (Å²) in [5.74, 6) is 0. The van der Waals surface area contributed by atoms with Crippen LogP contribution < -0.4 is 5.32 Å². The van der Waals surface area contributed by atoms with Crippen LogP contribution in [-0.2, 0) is 16.8 Å². The number of aromatic nitrogens is 1. The van der Waals surface area contributed by atoms with Crippen LogP contribution in [0.3, 0.4) is 0 Å². The highest BCUT2D eigenvalue weighted by molar-refractivity contribution is 7.09. The second-order valence-electron chi connectivity index (χ2n) is 4.93. The van der Waals surface area contributed by atoms with Gasteiger partial charge in [0.05, 0.1) is 5.69 Å². The Bertz CT molecular complexity index is 354. The van der Waals surface area contributed by atoms with E-state index in [-0.39, 0.29) is 5.60 Å². The molecule has 0 spiro atoms. The zero-order chi connectivity index (χ0) is 12.3. The van der Waals surface area contributed by atoms with Crippen molar-refractivity contribution in [3.8, 4) is 0 Å². The summed E-state index contributed by atoms with van der Waals surface area (Å²) in [6.07, 6.45) is 4.59. The summed E-state index contributed by atoms with van der Waals surface area (Å²) in [7, 11) is 1.77. The fourth-order valence-electron chi connectivity index (χ4n) is 2.21. The smallest absolute Gasteiger partial charge is 0.125 e. The van der Waals surface area contributed by atoms with Gasteiger partial charge in [0.1, 0.15) is 10.6 Å². The van der Waals surface area contributed by atoms with E-state index in [0.717, 1.165) is 24.4 Å². The predicted octanol–water partition coefficient (Wildman–Crippen LogP) is 2.71. The van der Waals surface area contributed by atoms with Crippen LogP contribution in [0.5, 0.6) is 0 Å². The number of nitrogens with one attached hydrogen (secondary N) is 1. The number of hydrogen-bond donors (Lipinski definition) is 1. The third-order valence-corrected chi connectivity index (χ3v) is 4.88. The van der Waals surface area contributed by atoms with Crippen LogP contribution >= 0.6 is 11.3 Å². The maximum Gasteiger partial charge on any atom is 0.125 e. The zero-order valence-corrected chi connectivity index (χ0v) is 11.8. The van der Waals surface area contributed by atoms with Crippen LogP contribution in [0, 0.1) is 0 Å². The van der Waals surface area contributed by atoms with Crippen molar-refractivity contribution in [3.63, 3.8) is 0 Å². The summed E-state index contributed by atoms with van der Waals surface area (Å²) in [6, 6.07) is 0.625. The number of thiazole rings is 1. The topological polar surface area (TPSA) is 34.1 Å². The van der Waals surface area contributed by atoms with E-state index in [2.05, 4.69) is 24.5 Å². The van der Waals surface area contributed by atoms with Crippen LogP contribution in [-0.4, -0.2) is 24.7 Å². The Labute approximate surface area is 108 Å². The van der Waals surface area contributed by atoms with Crippen molar-refractivity contribution in [2.75, 3.05) is 13.7 Å². The lowest BCUT2D eigenvalue weighted by molar-refractivity contribution is -0.00167. The van der Waals surface area contributed by atoms with E-state index in [1.165, 1.54) is 18.5 Å². The average Bonchev–Trinajstić information content (AvgIpc) is 3.00. The summed E-state index contributed by atoms with van der Waals surface area (Å²) in [4.78, 5) is 4.74. The molecule has 0 aliphatic carbocycles. The van der Waals surface area contributed by atoms with E-state index in [0.29, 0.717) is 6.04 Å². The Hall–Kier alpha value is -0.450. The van der Waals surface area contributed by atoms with Gasteiger partial charge in [0, 0.05) is 25.0 Å². The third kappa shape index (κ3) is 2.87. The van der Waals surface area contributed by atoms with Gasteiger partial charge in [-0.05, 0) is 32.7 Å². The minimum atomic E-state index is -0.216. The highest BCUT2D eigenvalue weighted by Crippen LogP contribution is 2.31. The Balaban J connectivity index is 2.04. The van der Waals surface area contributed by atoms with E-state index < -0.39 is 0 Å². The molecule has 1 aromatic rings. The molecule has 1 aromatic heterocycles. The normalized spacial score (nSPS) is 23.8. The molecule has 4 heteroatoms. The largest absolute Gasteiger partial charge is 0.371 e. The Morgan fingerprint density at radius 1 is 1.65 bits per heavy atom. The van der Waals surface area contributed by atoms with E-state index in [1.54, 1.807) is 18.4 Å². The molecule has 0 bridgehead atoms. The summed E-state index contributed by atoms with van der Waals surface area (Å²) in [5.41, 5.74) is 0.993. The van der Waals surface area contributed by atoms with Gasteiger partial charge in [-0.25, -0.2) is 4.98 Å². The fourth-order valence-corrected chi connectivity index (χ4v) is 3.25. The Morgan fingerprint density at radius 2 is 2.47 bits per heavy atom. The van der Waals surface area contributed by atoms with Gasteiger partial charge in [-0.15, -0.1) is 11.3 Å². The van der Waals surface area contributed by atoms with Crippen molar-refractivity contribution < 1.29 is 4.74 Å². The summed E-state index contributed by atoms with van der Waals surface area (Å²) < 4.78 is 5.59. The molecule has 1 N–H and O–H groups in total. The summed E-state index contributed by atoms with van der Waals surface area (Å²) >= 11 is 1.73. The molecule has 0 saturated carbocycles. The summed E-state index contributed by atoms with van der Waals surface area (Å²) in [6.45, 7) is 5.42. The van der Waals surface area contributed by atoms with Crippen molar-refractivity contribution in [1.29, 1.82) is 0 Å². The Kier molecular flexibility index (Phi) is 4.17. The first-order chi connectivity index (χ1) is 8.18. The lowest BCUT2D eigenvalue weighted by Gasteiger charge is -2.23. The third-order valence-electron chi connectivity index (χ3n) is 3.75. The zero-order valence-electron chi connectivity index (χ0n) is 11.0. The number of rotatable bonds is 5. The highest BCUT2D eigenvalue weighted by Gasteiger charge is 2.28. The molecule has 1 fully saturated rings. The lowest BCUT2D eigenvalue weighted by Crippen LogP contribution is -2.25. The summed E-state index contributed by atoms with van der Waals surface area (Å²) in [5, 5.41) is 6.80.